The molecule has 0 radical (unpaired) electrons. The number of benzene rings is 1. The Hall–Kier alpha value is -1.42. The van der Waals surface area contributed by atoms with Crippen molar-refractivity contribution in [1.29, 1.82) is 0 Å². The Bertz CT molecular complexity index is 377. The van der Waals surface area contributed by atoms with E-state index in [-0.39, 0.29) is 23.4 Å². The number of amides is 1. The fourth-order valence-corrected chi connectivity index (χ4v) is 1.48. The van der Waals surface area contributed by atoms with E-state index in [2.05, 4.69) is 5.32 Å². The van der Waals surface area contributed by atoms with Gasteiger partial charge in [0.1, 0.15) is 0 Å². The highest BCUT2D eigenvalue weighted by Crippen LogP contribution is 2.24. The van der Waals surface area contributed by atoms with Gasteiger partial charge in [-0.3, -0.25) is 4.79 Å². The molecule has 0 spiro atoms. The van der Waals surface area contributed by atoms with Crippen LogP contribution in [0, 0.1) is 0 Å². The molecule has 0 aliphatic heterocycles. The maximum Gasteiger partial charge on any atom is 0.251 e. The minimum absolute atomic E-state index is 0.0925. The van der Waals surface area contributed by atoms with E-state index in [1.54, 1.807) is 0 Å². The number of carbonyl (C=O) groups excluding carboxylic acids is 1. The van der Waals surface area contributed by atoms with E-state index in [9.17, 15) is 9.90 Å². The third-order valence-corrected chi connectivity index (χ3v) is 2.62. The van der Waals surface area contributed by atoms with Crippen molar-refractivity contribution in [3.8, 4) is 11.5 Å². The van der Waals surface area contributed by atoms with E-state index < -0.39 is 0 Å². The quantitative estimate of drug-likeness (QED) is 0.558. The molecule has 1 aromatic carbocycles. The van der Waals surface area contributed by atoms with Crippen LogP contribution in [0.5, 0.6) is 11.5 Å². The summed E-state index contributed by atoms with van der Waals surface area (Å²) >= 11 is 5.65. The highest BCUT2D eigenvalue weighted by molar-refractivity contribution is 6.18. The molecule has 1 amide bonds. The molecule has 1 unspecified atom stereocenters. The number of alkyl halides is 1. The lowest BCUT2D eigenvalue weighted by atomic mass is 10.1. The molecule has 3 N–H and O–H groups in total. The molecule has 0 aromatic heterocycles. The largest absolute Gasteiger partial charge is 0.504 e. The predicted molar refractivity (Wildman–Crippen MR) is 62.0 cm³/mol. The van der Waals surface area contributed by atoms with E-state index >= 15 is 0 Å². The van der Waals surface area contributed by atoms with Crippen LogP contribution in [-0.4, -0.2) is 28.0 Å². The van der Waals surface area contributed by atoms with Gasteiger partial charge in [-0.25, -0.2) is 0 Å². The van der Waals surface area contributed by atoms with Crippen molar-refractivity contribution in [2.24, 2.45) is 0 Å². The summed E-state index contributed by atoms with van der Waals surface area (Å²) in [4.78, 5) is 11.7. The summed E-state index contributed by atoms with van der Waals surface area (Å²) in [5.41, 5.74) is 0.291. The van der Waals surface area contributed by atoms with E-state index in [4.69, 9.17) is 16.7 Å². The summed E-state index contributed by atoms with van der Waals surface area (Å²) in [7, 11) is 0. The number of hydrogen-bond acceptors (Lipinski definition) is 3. The molecular weight excluding hydrogens is 230 g/mol. The predicted octanol–water partition coefficient (Wildman–Crippen LogP) is 1.85. The Balaban J connectivity index is 2.76. The van der Waals surface area contributed by atoms with Crippen molar-refractivity contribution in [2.45, 2.75) is 19.4 Å². The van der Waals surface area contributed by atoms with Crippen molar-refractivity contribution in [3.05, 3.63) is 23.8 Å². The van der Waals surface area contributed by atoms with Gasteiger partial charge in [-0.05, 0) is 24.6 Å². The number of halogens is 1. The van der Waals surface area contributed by atoms with Gasteiger partial charge in [0.2, 0.25) is 0 Å². The van der Waals surface area contributed by atoms with Crippen molar-refractivity contribution in [3.63, 3.8) is 0 Å². The van der Waals surface area contributed by atoms with Gasteiger partial charge < -0.3 is 15.5 Å². The van der Waals surface area contributed by atoms with Crippen molar-refractivity contribution in [1.82, 2.24) is 5.32 Å². The van der Waals surface area contributed by atoms with Crippen LogP contribution in [0.3, 0.4) is 0 Å². The van der Waals surface area contributed by atoms with Gasteiger partial charge in [0.15, 0.2) is 11.5 Å². The molecule has 0 saturated heterocycles. The first-order valence-electron chi connectivity index (χ1n) is 4.97. The lowest BCUT2D eigenvalue weighted by molar-refractivity contribution is 0.0939. The molecule has 0 aliphatic rings. The smallest absolute Gasteiger partial charge is 0.251 e. The molecule has 88 valence electrons. The van der Waals surface area contributed by atoms with E-state index in [0.29, 0.717) is 11.4 Å². The van der Waals surface area contributed by atoms with Crippen LogP contribution in [0.15, 0.2) is 18.2 Å². The van der Waals surface area contributed by atoms with Gasteiger partial charge >= 0.3 is 0 Å². The Morgan fingerprint density at radius 3 is 2.62 bits per heavy atom. The highest BCUT2D eigenvalue weighted by Gasteiger charge is 2.12. The Morgan fingerprint density at radius 2 is 2.12 bits per heavy atom. The zero-order valence-corrected chi connectivity index (χ0v) is 9.66. The fraction of sp³-hybridized carbons (Fsp3) is 0.364. The lowest BCUT2D eigenvalue weighted by Crippen LogP contribution is -2.35. The molecule has 0 aliphatic carbocycles. The second-order valence-corrected chi connectivity index (χ2v) is 3.75. The van der Waals surface area contributed by atoms with Crippen LogP contribution in [0.4, 0.5) is 0 Å². The number of aromatic hydroxyl groups is 2. The van der Waals surface area contributed by atoms with E-state index in [1.807, 2.05) is 6.92 Å². The van der Waals surface area contributed by atoms with Gasteiger partial charge in [-0.15, -0.1) is 11.6 Å². The third kappa shape index (κ3) is 3.03. The Morgan fingerprint density at radius 1 is 1.44 bits per heavy atom. The molecule has 1 rings (SSSR count). The SMILES string of the molecule is CCC(CCl)NC(=O)c1ccc(O)c(O)c1. The van der Waals surface area contributed by atoms with E-state index in [1.165, 1.54) is 18.2 Å². The van der Waals surface area contributed by atoms with Gasteiger partial charge in [-0.2, -0.15) is 0 Å². The zero-order chi connectivity index (χ0) is 12.1. The first kappa shape index (κ1) is 12.6. The summed E-state index contributed by atoms with van der Waals surface area (Å²) in [6, 6.07) is 3.83. The normalized spacial score (nSPS) is 12.1. The molecule has 1 atom stereocenters. The number of phenolic OH excluding ortho intramolecular Hbond substituents is 2. The molecule has 0 bridgehead atoms. The summed E-state index contributed by atoms with van der Waals surface area (Å²) in [6.07, 6.45) is 0.735. The maximum absolute atomic E-state index is 11.7. The molecule has 16 heavy (non-hydrogen) atoms. The third-order valence-electron chi connectivity index (χ3n) is 2.25. The van der Waals surface area contributed by atoms with Crippen molar-refractivity contribution in [2.75, 3.05) is 5.88 Å². The molecule has 0 fully saturated rings. The molecule has 1 aromatic rings. The molecule has 0 heterocycles. The summed E-state index contributed by atoms with van der Waals surface area (Å²) in [6.45, 7) is 1.92. The molecule has 5 heteroatoms. The second-order valence-electron chi connectivity index (χ2n) is 3.44. The lowest BCUT2D eigenvalue weighted by Gasteiger charge is -2.13. The molecule has 0 saturated carbocycles. The van der Waals surface area contributed by atoms with Gasteiger partial charge in [0, 0.05) is 17.5 Å². The fourth-order valence-electron chi connectivity index (χ4n) is 1.18. The Labute approximate surface area is 98.9 Å². The van der Waals surface area contributed by atoms with Crippen LogP contribution < -0.4 is 5.32 Å². The van der Waals surface area contributed by atoms with Crippen molar-refractivity contribution >= 4 is 17.5 Å². The first-order valence-corrected chi connectivity index (χ1v) is 5.50. The number of phenols is 2. The monoisotopic (exact) mass is 243 g/mol. The van der Waals surface area contributed by atoms with Crippen LogP contribution >= 0.6 is 11.6 Å². The van der Waals surface area contributed by atoms with Crippen LogP contribution in [-0.2, 0) is 0 Å². The number of nitrogens with one attached hydrogen (secondary N) is 1. The van der Waals surface area contributed by atoms with Gasteiger partial charge in [-0.1, -0.05) is 6.92 Å². The van der Waals surface area contributed by atoms with Gasteiger partial charge in [0.05, 0.1) is 0 Å². The average Bonchev–Trinajstić information content (AvgIpc) is 2.29. The average molecular weight is 244 g/mol. The standard InChI is InChI=1S/C11H14ClNO3/c1-2-8(6-12)13-11(16)7-3-4-9(14)10(15)5-7/h3-5,8,14-15H,2,6H2,1H3,(H,13,16). The zero-order valence-electron chi connectivity index (χ0n) is 8.90. The minimum Gasteiger partial charge on any atom is -0.504 e. The number of rotatable bonds is 4. The molecular formula is C11H14ClNO3. The minimum atomic E-state index is -0.317. The van der Waals surface area contributed by atoms with Crippen LogP contribution in [0.1, 0.15) is 23.7 Å². The second kappa shape index (κ2) is 5.61. The van der Waals surface area contributed by atoms with E-state index in [0.717, 1.165) is 6.42 Å². The van der Waals surface area contributed by atoms with Crippen molar-refractivity contribution < 1.29 is 15.0 Å². The summed E-state index contributed by atoms with van der Waals surface area (Å²) in [5, 5.41) is 21.1. The number of carbonyl (C=O) groups is 1. The topological polar surface area (TPSA) is 69.6 Å². The summed E-state index contributed by atoms with van der Waals surface area (Å²) in [5.74, 6) is -0.540. The highest BCUT2D eigenvalue weighted by atomic mass is 35.5. The maximum atomic E-state index is 11.7. The Kier molecular flexibility index (Phi) is 4.43. The van der Waals surface area contributed by atoms with Crippen LogP contribution in [0.25, 0.3) is 0 Å². The number of hydrogen-bond donors (Lipinski definition) is 3. The summed E-state index contributed by atoms with van der Waals surface area (Å²) < 4.78 is 0. The first-order chi connectivity index (χ1) is 7.58. The molecule has 4 nitrogen and oxygen atoms in total. The van der Waals surface area contributed by atoms with Crippen LogP contribution in [0.2, 0.25) is 0 Å². The van der Waals surface area contributed by atoms with Gasteiger partial charge in [0.25, 0.3) is 5.91 Å².